The molecule has 3 N–H and O–H groups in total. The summed E-state index contributed by atoms with van der Waals surface area (Å²) in [4.78, 5) is 25.4. The van der Waals surface area contributed by atoms with E-state index < -0.39 is 0 Å². The minimum atomic E-state index is -0.313. The Bertz CT molecular complexity index is 733. The molecule has 106 valence electrons. The predicted octanol–water partition coefficient (Wildman–Crippen LogP) is 1.36. The number of anilines is 1. The molecule has 0 aliphatic rings. The minimum Gasteiger partial charge on any atom is -0.395 e. The van der Waals surface area contributed by atoms with Gasteiger partial charge in [0.2, 0.25) is 5.56 Å². The molecular weight excluding hydrogens is 268 g/mol. The number of aliphatic hydroxyl groups excluding tert-OH is 1. The molecule has 5 heteroatoms. The third-order valence-electron chi connectivity index (χ3n) is 2.64. The highest BCUT2D eigenvalue weighted by Gasteiger charge is 2.05. The predicted molar refractivity (Wildman–Crippen MR) is 80.0 cm³/mol. The first-order valence-corrected chi connectivity index (χ1v) is 6.39. The van der Waals surface area contributed by atoms with Crippen LogP contribution in [0.2, 0.25) is 0 Å². The standard InChI is InChI=1S/C16H14N2O3/c19-9-2-1-4-12-5-3-6-14(10-12)18-16(21)13-7-8-15(20)17-11-13/h3,5-8,10-11,19H,2,9H2,(H,17,20)(H,18,21). The van der Waals surface area contributed by atoms with Crippen LogP contribution in [-0.2, 0) is 0 Å². The number of nitrogens with one attached hydrogen (secondary N) is 2. The summed E-state index contributed by atoms with van der Waals surface area (Å²) in [6.07, 6.45) is 1.77. The summed E-state index contributed by atoms with van der Waals surface area (Å²) >= 11 is 0. The smallest absolute Gasteiger partial charge is 0.257 e. The van der Waals surface area contributed by atoms with Crippen LogP contribution in [0.15, 0.2) is 47.4 Å². The maximum absolute atomic E-state index is 12.0. The van der Waals surface area contributed by atoms with E-state index in [-0.39, 0.29) is 18.1 Å². The maximum atomic E-state index is 12.0. The highest BCUT2D eigenvalue weighted by atomic mass is 16.2. The zero-order valence-electron chi connectivity index (χ0n) is 11.2. The fourth-order valence-electron chi connectivity index (χ4n) is 1.65. The van der Waals surface area contributed by atoms with E-state index in [1.54, 1.807) is 18.2 Å². The van der Waals surface area contributed by atoms with Gasteiger partial charge in [-0.25, -0.2) is 0 Å². The Hall–Kier alpha value is -2.84. The lowest BCUT2D eigenvalue weighted by Gasteiger charge is -2.05. The number of rotatable bonds is 3. The van der Waals surface area contributed by atoms with Gasteiger partial charge in [0.25, 0.3) is 5.91 Å². The van der Waals surface area contributed by atoms with Crippen LogP contribution in [0.1, 0.15) is 22.3 Å². The summed E-state index contributed by atoms with van der Waals surface area (Å²) in [6, 6.07) is 9.85. The van der Waals surface area contributed by atoms with E-state index in [0.717, 1.165) is 5.56 Å². The fraction of sp³-hybridized carbons (Fsp3) is 0.125. The molecule has 0 aliphatic carbocycles. The number of aliphatic hydroxyl groups is 1. The van der Waals surface area contributed by atoms with Crippen molar-refractivity contribution >= 4 is 11.6 Å². The van der Waals surface area contributed by atoms with Gasteiger partial charge in [-0.15, -0.1) is 0 Å². The molecule has 0 atom stereocenters. The summed E-state index contributed by atoms with van der Waals surface area (Å²) in [7, 11) is 0. The first kappa shape index (κ1) is 14.6. The normalized spacial score (nSPS) is 9.57. The number of carbonyl (C=O) groups excluding carboxylic acids is 1. The van der Waals surface area contributed by atoms with Gasteiger partial charge < -0.3 is 15.4 Å². The van der Waals surface area contributed by atoms with Crippen LogP contribution in [0.4, 0.5) is 5.69 Å². The van der Waals surface area contributed by atoms with Crippen molar-refractivity contribution in [2.45, 2.75) is 6.42 Å². The van der Waals surface area contributed by atoms with Crippen LogP contribution in [0.25, 0.3) is 0 Å². The Balaban J connectivity index is 2.11. The first-order chi connectivity index (χ1) is 10.2. The fourth-order valence-corrected chi connectivity index (χ4v) is 1.65. The lowest BCUT2D eigenvalue weighted by molar-refractivity contribution is 0.102. The molecule has 1 aromatic heterocycles. The molecule has 1 heterocycles. The molecule has 0 aliphatic heterocycles. The Morgan fingerprint density at radius 2 is 2.14 bits per heavy atom. The zero-order chi connectivity index (χ0) is 15.1. The van der Waals surface area contributed by atoms with E-state index >= 15 is 0 Å². The van der Waals surface area contributed by atoms with Gasteiger partial charge in [0.1, 0.15) is 0 Å². The number of H-pyrrole nitrogens is 1. The lowest BCUT2D eigenvalue weighted by atomic mass is 10.2. The van der Waals surface area contributed by atoms with E-state index in [9.17, 15) is 9.59 Å². The van der Waals surface area contributed by atoms with Crippen molar-refractivity contribution in [2.24, 2.45) is 0 Å². The Labute approximate surface area is 121 Å². The maximum Gasteiger partial charge on any atom is 0.257 e. The number of benzene rings is 1. The average Bonchev–Trinajstić information content (AvgIpc) is 2.48. The summed E-state index contributed by atoms with van der Waals surface area (Å²) in [5.41, 5.74) is 1.48. The van der Waals surface area contributed by atoms with Crippen LogP contribution in [0, 0.1) is 11.8 Å². The van der Waals surface area contributed by atoms with Crippen molar-refractivity contribution in [3.63, 3.8) is 0 Å². The van der Waals surface area contributed by atoms with Crippen molar-refractivity contribution in [1.29, 1.82) is 0 Å². The van der Waals surface area contributed by atoms with Crippen molar-refractivity contribution in [3.8, 4) is 11.8 Å². The van der Waals surface area contributed by atoms with Gasteiger partial charge in [-0.1, -0.05) is 17.9 Å². The van der Waals surface area contributed by atoms with Gasteiger partial charge >= 0.3 is 0 Å². The number of pyridine rings is 1. The van der Waals surface area contributed by atoms with Crippen molar-refractivity contribution in [3.05, 3.63) is 64.1 Å². The molecule has 0 unspecified atom stereocenters. The molecule has 0 saturated carbocycles. The van der Waals surface area contributed by atoms with E-state index in [4.69, 9.17) is 5.11 Å². The quantitative estimate of drug-likeness (QED) is 0.743. The molecular formula is C16H14N2O3. The second kappa shape index (κ2) is 7.08. The minimum absolute atomic E-state index is 0.0234. The Kier molecular flexibility index (Phi) is 4.91. The molecule has 1 amide bonds. The molecule has 2 aromatic rings. The average molecular weight is 282 g/mol. The summed E-state index contributed by atoms with van der Waals surface area (Å²) < 4.78 is 0. The number of carbonyl (C=O) groups is 1. The third kappa shape index (κ3) is 4.34. The van der Waals surface area contributed by atoms with Gasteiger partial charge in [-0.05, 0) is 24.3 Å². The number of amides is 1. The number of hydrogen-bond donors (Lipinski definition) is 3. The zero-order valence-corrected chi connectivity index (χ0v) is 11.2. The van der Waals surface area contributed by atoms with Gasteiger partial charge in [0.15, 0.2) is 0 Å². The first-order valence-electron chi connectivity index (χ1n) is 6.39. The van der Waals surface area contributed by atoms with E-state index in [2.05, 4.69) is 22.1 Å². The second-order valence-corrected chi connectivity index (χ2v) is 4.25. The molecule has 21 heavy (non-hydrogen) atoms. The summed E-state index contributed by atoms with van der Waals surface area (Å²) in [5.74, 6) is 5.40. The Morgan fingerprint density at radius 3 is 2.86 bits per heavy atom. The highest BCUT2D eigenvalue weighted by molar-refractivity contribution is 6.04. The molecule has 0 spiro atoms. The lowest BCUT2D eigenvalue weighted by Crippen LogP contribution is -2.14. The van der Waals surface area contributed by atoms with Crippen LogP contribution in [0.5, 0.6) is 0 Å². The topological polar surface area (TPSA) is 82.2 Å². The molecule has 0 radical (unpaired) electrons. The van der Waals surface area contributed by atoms with Crippen LogP contribution in [0.3, 0.4) is 0 Å². The molecule has 5 nitrogen and oxygen atoms in total. The van der Waals surface area contributed by atoms with Gasteiger partial charge in [0, 0.05) is 29.9 Å². The van der Waals surface area contributed by atoms with Crippen molar-refractivity contribution < 1.29 is 9.90 Å². The van der Waals surface area contributed by atoms with E-state index in [0.29, 0.717) is 17.7 Å². The van der Waals surface area contributed by atoms with Crippen LogP contribution in [-0.4, -0.2) is 22.6 Å². The Morgan fingerprint density at radius 1 is 1.29 bits per heavy atom. The second-order valence-electron chi connectivity index (χ2n) is 4.25. The van der Waals surface area contributed by atoms with Crippen LogP contribution < -0.4 is 10.9 Å². The summed E-state index contributed by atoms with van der Waals surface area (Å²) in [6.45, 7) is 0.0234. The molecule has 0 fully saturated rings. The van der Waals surface area contributed by atoms with Crippen molar-refractivity contribution in [2.75, 3.05) is 11.9 Å². The molecule has 0 saturated heterocycles. The van der Waals surface area contributed by atoms with E-state index in [1.807, 2.05) is 6.07 Å². The van der Waals surface area contributed by atoms with Gasteiger partial charge in [0.05, 0.1) is 12.2 Å². The third-order valence-corrected chi connectivity index (χ3v) is 2.64. The van der Waals surface area contributed by atoms with Crippen molar-refractivity contribution in [1.82, 2.24) is 4.98 Å². The number of aromatic nitrogens is 1. The van der Waals surface area contributed by atoms with Gasteiger partial charge in [-0.3, -0.25) is 9.59 Å². The summed E-state index contributed by atoms with van der Waals surface area (Å²) in [5, 5.41) is 11.4. The van der Waals surface area contributed by atoms with Gasteiger partial charge in [-0.2, -0.15) is 0 Å². The largest absolute Gasteiger partial charge is 0.395 e. The van der Waals surface area contributed by atoms with Crippen LogP contribution >= 0.6 is 0 Å². The monoisotopic (exact) mass is 282 g/mol. The molecule has 2 rings (SSSR count). The molecule has 1 aromatic carbocycles. The highest BCUT2D eigenvalue weighted by Crippen LogP contribution is 2.11. The molecule has 0 bridgehead atoms. The number of aromatic amines is 1. The number of hydrogen-bond acceptors (Lipinski definition) is 3. The SMILES string of the molecule is O=C(Nc1cccc(C#CCCO)c1)c1ccc(=O)[nH]c1. The van der Waals surface area contributed by atoms with E-state index in [1.165, 1.54) is 18.3 Å².